The Morgan fingerprint density at radius 3 is 2.82 bits per heavy atom. The molecule has 17 heavy (non-hydrogen) atoms. The molecule has 0 fully saturated rings. The van der Waals surface area contributed by atoms with Gasteiger partial charge in [0.1, 0.15) is 0 Å². The molecule has 1 amide bonds. The number of thioether (sulfide) groups is 1. The molecule has 4 nitrogen and oxygen atoms in total. The van der Waals surface area contributed by atoms with E-state index in [1.165, 1.54) is 0 Å². The third kappa shape index (κ3) is 2.79. The maximum Gasteiger partial charge on any atom is 0.303 e. The number of hydrogen-bond acceptors (Lipinski definition) is 3. The first-order valence-electron chi connectivity index (χ1n) is 5.42. The fourth-order valence-electron chi connectivity index (χ4n) is 1.78. The molecule has 0 atom stereocenters. The Labute approximate surface area is 104 Å². The molecule has 5 heteroatoms. The largest absolute Gasteiger partial charge is 0.481 e. The fourth-order valence-corrected chi connectivity index (χ4v) is 2.77. The number of carbonyl (C=O) groups is 2. The second kappa shape index (κ2) is 5.23. The Morgan fingerprint density at radius 2 is 2.06 bits per heavy atom. The van der Waals surface area contributed by atoms with Gasteiger partial charge in [-0.2, -0.15) is 0 Å². The van der Waals surface area contributed by atoms with Gasteiger partial charge >= 0.3 is 5.97 Å². The smallest absolute Gasteiger partial charge is 0.303 e. The molecule has 2 rings (SSSR count). The minimum atomic E-state index is -0.932. The Morgan fingerprint density at radius 1 is 1.29 bits per heavy atom. The average Bonchev–Trinajstić information content (AvgIpc) is 2.35. The number of carboxylic acid groups (broad SMARTS) is 1. The summed E-state index contributed by atoms with van der Waals surface area (Å²) in [7, 11) is 0. The van der Waals surface area contributed by atoms with E-state index in [1.807, 2.05) is 24.3 Å². The number of aliphatic carboxylic acids is 1. The number of hydrogen-bond donors (Lipinski definition) is 1. The summed E-state index contributed by atoms with van der Waals surface area (Å²) in [6.45, 7) is 0.653. The number of amides is 1. The molecule has 0 saturated carbocycles. The lowest BCUT2D eigenvalue weighted by atomic mass is 10.2. The molecular formula is C12H13NO3S. The molecule has 1 aromatic carbocycles. The standard InChI is InChI=1S/C12H13NO3S/c14-11(5-6-12(15)16)13-7-8-17-10-4-2-1-3-9(10)13/h1-4H,5-8H2,(H,15,16). The molecule has 0 unspecified atom stereocenters. The van der Waals surface area contributed by atoms with Gasteiger partial charge in [0.15, 0.2) is 0 Å². The first kappa shape index (κ1) is 12.0. The number of rotatable bonds is 3. The van der Waals surface area contributed by atoms with Crippen LogP contribution in [0, 0.1) is 0 Å². The van der Waals surface area contributed by atoms with Crippen LogP contribution in [0.1, 0.15) is 12.8 Å². The van der Waals surface area contributed by atoms with Crippen molar-refractivity contribution in [2.45, 2.75) is 17.7 Å². The van der Waals surface area contributed by atoms with Gasteiger partial charge in [0, 0.05) is 23.6 Å². The van der Waals surface area contributed by atoms with Gasteiger partial charge in [0.2, 0.25) is 5.91 Å². The third-order valence-corrected chi connectivity index (χ3v) is 3.63. The van der Waals surface area contributed by atoms with Crippen LogP contribution in [0.4, 0.5) is 5.69 Å². The van der Waals surface area contributed by atoms with Crippen LogP contribution in [-0.2, 0) is 9.59 Å². The highest BCUT2D eigenvalue weighted by Gasteiger charge is 2.22. The molecule has 0 radical (unpaired) electrons. The number of para-hydroxylation sites is 1. The predicted octanol–water partition coefficient (Wildman–Crippen LogP) is 1.99. The zero-order valence-corrected chi connectivity index (χ0v) is 10.1. The van der Waals surface area contributed by atoms with Crippen LogP contribution in [0.2, 0.25) is 0 Å². The highest BCUT2D eigenvalue weighted by atomic mass is 32.2. The quantitative estimate of drug-likeness (QED) is 0.892. The van der Waals surface area contributed by atoms with Crippen molar-refractivity contribution in [1.82, 2.24) is 0 Å². The number of carboxylic acids is 1. The summed E-state index contributed by atoms with van der Waals surface area (Å²) < 4.78 is 0. The van der Waals surface area contributed by atoms with Crippen LogP contribution in [0.5, 0.6) is 0 Å². The van der Waals surface area contributed by atoms with Crippen molar-refractivity contribution >= 4 is 29.3 Å². The Kier molecular flexibility index (Phi) is 3.68. The van der Waals surface area contributed by atoms with Gasteiger partial charge in [0.05, 0.1) is 12.1 Å². The lowest BCUT2D eigenvalue weighted by Gasteiger charge is -2.28. The summed E-state index contributed by atoms with van der Waals surface area (Å²) in [5.74, 6) is -0.186. The van der Waals surface area contributed by atoms with Gasteiger partial charge in [-0.1, -0.05) is 12.1 Å². The minimum absolute atomic E-state index is 0.0638. The maximum absolute atomic E-state index is 11.9. The summed E-state index contributed by atoms with van der Waals surface area (Å²) in [4.78, 5) is 25.2. The van der Waals surface area contributed by atoms with Crippen LogP contribution < -0.4 is 4.90 Å². The van der Waals surface area contributed by atoms with Gasteiger partial charge in [-0.3, -0.25) is 9.59 Å². The van der Waals surface area contributed by atoms with E-state index in [0.29, 0.717) is 6.54 Å². The predicted molar refractivity (Wildman–Crippen MR) is 66.4 cm³/mol. The lowest BCUT2D eigenvalue weighted by molar-refractivity contribution is -0.138. The average molecular weight is 251 g/mol. The van der Waals surface area contributed by atoms with E-state index in [1.54, 1.807) is 16.7 Å². The third-order valence-electron chi connectivity index (χ3n) is 2.58. The Bertz CT molecular complexity index is 447. The van der Waals surface area contributed by atoms with E-state index in [4.69, 9.17) is 5.11 Å². The first-order chi connectivity index (χ1) is 8.18. The van der Waals surface area contributed by atoms with Gasteiger partial charge in [-0.05, 0) is 12.1 Å². The normalized spacial score (nSPS) is 14.2. The van der Waals surface area contributed by atoms with E-state index in [0.717, 1.165) is 16.3 Å². The summed E-state index contributed by atoms with van der Waals surface area (Å²) in [6, 6.07) is 7.72. The SMILES string of the molecule is O=C(O)CCC(=O)N1CCSc2ccccc21. The van der Waals surface area contributed by atoms with Crippen molar-refractivity contribution < 1.29 is 14.7 Å². The van der Waals surface area contributed by atoms with Crippen LogP contribution in [0.25, 0.3) is 0 Å². The molecule has 1 aliphatic rings. The highest BCUT2D eigenvalue weighted by Crippen LogP contribution is 2.34. The summed E-state index contributed by atoms with van der Waals surface area (Å²) in [5.41, 5.74) is 0.902. The van der Waals surface area contributed by atoms with Crippen molar-refractivity contribution in [3.05, 3.63) is 24.3 Å². The first-order valence-corrected chi connectivity index (χ1v) is 6.41. The van der Waals surface area contributed by atoms with Crippen molar-refractivity contribution in [1.29, 1.82) is 0 Å². The van der Waals surface area contributed by atoms with Crippen LogP contribution in [0.15, 0.2) is 29.2 Å². The second-order valence-electron chi connectivity index (χ2n) is 3.76. The molecule has 0 aromatic heterocycles. The molecule has 0 bridgehead atoms. The monoisotopic (exact) mass is 251 g/mol. The van der Waals surface area contributed by atoms with Crippen molar-refractivity contribution in [2.24, 2.45) is 0 Å². The molecule has 1 aliphatic heterocycles. The molecule has 0 aliphatic carbocycles. The lowest BCUT2D eigenvalue weighted by Crippen LogP contribution is -2.35. The van der Waals surface area contributed by atoms with Crippen molar-refractivity contribution in [2.75, 3.05) is 17.2 Å². The van der Waals surface area contributed by atoms with Crippen LogP contribution >= 0.6 is 11.8 Å². The van der Waals surface area contributed by atoms with Gasteiger partial charge < -0.3 is 10.0 Å². The molecule has 0 spiro atoms. The molecule has 0 saturated heterocycles. The Balaban J connectivity index is 2.12. The van der Waals surface area contributed by atoms with E-state index in [9.17, 15) is 9.59 Å². The number of anilines is 1. The van der Waals surface area contributed by atoms with Crippen molar-refractivity contribution in [3.8, 4) is 0 Å². The van der Waals surface area contributed by atoms with Crippen LogP contribution in [-0.4, -0.2) is 29.3 Å². The molecule has 1 aromatic rings. The van der Waals surface area contributed by atoms with Crippen molar-refractivity contribution in [3.63, 3.8) is 0 Å². The fraction of sp³-hybridized carbons (Fsp3) is 0.333. The number of benzene rings is 1. The minimum Gasteiger partial charge on any atom is -0.481 e. The van der Waals surface area contributed by atoms with Gasteiger partial charge in [0.25, 0.3) is 0 Å². The Hall–Kier alpha value is -1.49. The zero-order valence-electron chi connectivity index (χ0n) is 9.26. The highest BCUT2D eigenvalue weighted by molar-refractivity contribution is 7.99. The molecule has 1 heterocycles. The molecule has 1 N–H and O–H groups in total. The number of carbonyl (C=O) groups excluding carboxylic acids is 1. The summed E-state index contributed by atoms with van der Waals surface area (Å²) in [6.07, 6.45) is -0.0427. The van der Waals surface area contributed by atoms with Gasteiger partial charge in [-0.15, -0.1) is 11.8 Å². The maximum atomic E-state index is 11.9. The topological polar surface area (TPSA) is 57.6 Å². The molecule has 90 valence electrons. The van der Waals surface area contributed by atoms with Crippen LogP contribution in [0.3, 0.4) is 0 Å². The second-order valence-corrected chi connectivity index (χ2v) is 4.89. The van der Waals surface area contributed by atoms with E-state index >= 15 is 0 Å². The summed E-state index contributed by atoms with van der Waals surface area (Å²) in [5, 5.41) is 8.58. The number of nitrogens with zero attached hydrogens (tertiary/aromatic N) is 1. The summed E-state index contributed by atoms with van der Waals surface area (Å²) >= 11 is 1.72. The number of fused-ring (bicyclic) bond motifs is 1. The molecular weight excluding hydrogens is 238 g/mol. The van der Waals surface area contributed by atoms with Gasteiger partial charge in [-0.25, -0.2) is 0 Å². The van der Waals surface area contributed by atoms with E-state index < -0.39 is 5.97 Å². The zero-order chi connectivity index (χ0) is 12.3. The van der Waals surface area contributed by atoms with E-state index in [-0.39, 0.29) is 18.7 Å². The van der Waals surface area contributed by atoms with E-state index in [2.05, 4.69) is 0 Å².